The third-order valence-corrected chi connectivity index (χ3v) is 5.78. The van der Waals surface area contributed by atoms with E-state index in [1.54, 1.807) is 6.20 Å². The van der Waals surface area contributed by atoms with Crippen molar-refractivity contribution in [2.24, 2.45) is 0 Å². The number of hydrogen-bond acceptors (Lipinski definition) is 8. The zero-order chi connectivity index (χ0) is 21.4. The van der Waals surface area contributed by atoms with Crippen molar-refractivity contribution in [1.82, 2.24) is 30.1 Å². The van der Waals surface area contributed by atoms with Crippen LogP contribution in [0.1, 0.15) is 32.6 Å². The molecule has 0 spiro atoms. The van der Waals surface area contributed by atoms with Gasteiger partial charge in [-0.25, -0.2) is 15.0 Å². The van der Waals surface area contributed by atoms with Crippen LogP contribution in [0.3, 0.4) is 0 Å². The first-order chi connectivity index (χ1) is 15.0. The molecule has 10 nitrogen and oxygen atoms in total. The molecule has 3 aromatic rings. The predicted octanol–water partition coefficient (Wildman–Crippen LogP) is 2.43. The van der Waals surface area contributed by atoms with Crippen molar-refractivity contribution in [2.75, 3.05) is 21.7 Å². The number of amides is 1. The molecule has 160 valence electrons. The largest absolute Gasteiger partial charge is 0.326 e. The van der Waals surface area contributed by atoms with Crippen LogP contribution in [0.25, 0.3) is 0 Å². The van der Waals surface area contributed by atoms with Crippen molar-refractivity contribution in [3.05, 3.63) is 42.9 Å². The summed E-state index contributed by atoms with van der Waals surface area (Å²) in [5.74, 6) is 0.983. The molecule has 11 heteroatoms. The van der Waals surface area contributed by atoms with Crippen LogP contribution in [0, 0.1) is 5.95 Å². The van der Waals surface area contributed by atoms with E-state index in [0.717, 1.165) is 25.1 Å². The maximum absolute atomic E-state index is 13.2. The second-order valence-corrected chi connectivity index (χ2v) is 7.98. The number of anilines is 4. The molecule has 3 aromatic heterocycles. The third kappa shape index (κ3) is 3.66. The number of rotatable bonds is 6. The van der Waals surface area contributed by atoms with Gasteiger partial charge in [0.05, 0.1) is 18.1 Å². The first-order valence-corrected chi connectivity index (χ1v) is 10.2. The molecule has 1 amide bonds. The van der Waals surface area contributed by atoms with E-state index in [1.807, 2.05) is 22.8 Å². The molecule has 2 fully saturated rings. The van der Waals surface area contributed by atoms with Crippen LogP contribution in [-0.4, -0.2) is 54.2 Å². The average molecular weight is 423 g/mol. The normalized spacial score (nSPS) is 20.6. The predicted molar refractivity (Wildman–Crippen MR) is 111 cm³/mol. The van der Waals surface area contributed by atoms with Crippen LogP contribution in [0.2, 0.25) is 0 Å². The van der Waals surface area contributed by atoms with Crippen LogP contribution >= 0.6 is 0 Å². The first kappa shape index (κ1) is 19.3. The van der Waals surface area contributed by atoms with Crippen molar-refractivity contribution in [1.29, 1.82) is 0 Å². The van der Waals surface area contributed by atoms with Gasteiger partial charge in [-0.2, -0.15) is 14.5 Å². The zero-order valence-corrected chi connectivity index (χ0v) is 17.0. The van der Waals surface area contributed by atoms with E-state index in [1.165, 1.54) is 24.7 Å². The quantitative estimate of drug-likeness (QED) is 0.581. The van der Waals surface area contributed by atoms with Gasteiger partial charge in [0.25, 0.3) is 0 Å². The topological polar surface area (TPSA) is 116 Å². The highest BCUT2D eigenvalue weighted by Gasteiger charge is 2.45. The van der Waals surface area contributed by atoms with E-state index in [0.29, 0.717) is 36.6 Å². The van der Waals surface area contributed by atoms with Crippen molar-refractivity contribution < 1.29 is 9.18 Å². The summed E-state index contributed by atoms with van der Waals surface area (Å²) in [7, 11) is 0. The third-order valence-electron chi connectivity index (χ3n) is 5.78. The number of nitrogens with one attached hydrogen (secondary N) is 2. The molecule has 1 atom stereocenters. The Balaban J connectivity index is 1.42. The van der Waals surface area contributed by atoms with Gasteiger partial charge in [0.2, 0.25) is 23.8 Å². The number of hydrogen-bond donors (Lipinski definition) is 2. The van der Waals surface area contributed by atoms with Crippen molar-refractivity contribution in [3.8, 4) is 0 Å². The van der Waals surface area contributed by atoms with Crippen LogP contribution < -0.4 is 15.1 Å². The van der Waals surface area contributed by atoms with Crippen LogP contribution in [-0.2, 0) is 4.79 Å². The molecule has 4 heterocycles. The summed E-state index contributed by atoms with van der Waals surface area (Å²) in [4.78, 5) is 34.1. The summed E-state index contributed by atoms with van der Waals surface area (Å²) in [6, 6.07) is 4.90. The second-order valence-electron chi connectivity index (χ2n) is 7.98. The SMILES string of the molecule is CC1(C(=O)Nc2ccc(F)nc2)CCCN1c1ncnc(N(c2ccn[nH]2)C2CC2)n1. The van der Waals surface area contributed by atoms with Crippen molar-refractivity contribution in [3.63, 3.8) is 0 Å². The Morgan fingerprint density at radius 2 is 2.16 bits per heavy atom. The molecule has 0 aromatic carbocycles. The summed E-state index contributed by atoms with van der Waals surface area (Å²) in [6.45, 7) is 2.51. The standard InChI is InChI=1S/C20H22FN9O/c1-20(17(31)26-13-3-6-15(21)22-11-13)8-2-10-29(20)18-23-12-24-19(27-18)30(14-4-5-14)16-7-9-25-28-16/h3,6-7,9,11-12,14H,2,4-5,8,10H2,1H3,(H,25,28)(H,26,31). The number of H-pyrrole nitrogens is 1. The zero-order valence-electron chi connectivity index (χ0n) is 17.0. The smallest absolute Gasteiger partial charge is 0.250 e. The lowest BCUT2D eigenvalue weighted by molar-refractivity contribution is -0.120. The van der Waals surface area contributed by atoms with E-state index < -0.39 is 11.5 Å². The Morgan fingerprint density at radius 1 is 1.29 bits per heavy atom. The number of carbonyl (C=O) groups is 1. The van der Waals surface area contributed by atoms with Crippen molar-refractivity contribution in [2.45, 2.75) is 44.2 Å². The minimum atomic E-state index is -0.856. The maximum atomic E-state index is 13.2. The van der Waals surface area contributed by atoms with Gasteiger partial charge in [0.15, 0.2) is 0 Å². The minimum absolute atomic E-state index is 0.215. The molecule has 1 saturated carbocycles. The van der Waals surface area contributed by atoms with Gasteiger partial charge in [-0.05, 0) is 44.7 Å². The minimum Gasteiger partial charge on any atom is -0.326 e. The fourth-order valence-corrected chi connectivity index (χ4v) is 3.94. The number of pyridine rings is 1. The van der Waals surface area contributed by atoms with E-state index in [4.69, 9.17) is 4.98 Å². The van der Waals surface area contributed by atoms with E-state index in [2.05, 4.69) is 30.5 Å². The summed E-state index contributed by atoms with van der Waals surface area (Å²) in [5, 5.41) is 9.85. The molecule has 31 heavy (non-hydrogen) atoms. The molecule has 2 aliphatic rings. The Labute approximate surface area is 177 Å². The van der Waals surface area contributed by atoms with Crippen molar-refractivity contribution >= 4 is 29.3 Å². The molecule has 5 rings (SSSR count). The van der Waals surface area contributed by atoms with Gasteiger partial charge >= 0.3 is 0 Å². The summed E-state index contributed by atoms with van der Waals surface area (Å²) >= 11 is 0. The summed E-state index contributed by atoms with van der Waals surface area (Å²) in [6.07, 6.45) is 8.03. The summed E-state index contributed by atoms with van der Waals surface area (Å²) < 4.78 is 13.1. The average Bonchev–Trinajstić information content (AvgIpc) is 3.29. The molecule has 0 bridgehead atoms. The molecular formula is C20H22FN9O. The molecule has 1 saturated heterocycles. The van der Waals surface area contributed by atoms with Gasteiger partial charge in [-0.1, -0.05) is 0 Å². The fourth-order valence-electron chi connectivity index (χ4n) is 3.94. The van der Waals surface area contributed by atoms with E-state index in [-0.39, 0.29) is 5.91 Å². The lowest BCUT2D eigenvalue weighted by Gasteiger charge is -2.34. The van der Waals surface area contributed by atoms with Gasteiger partial charge in [-0.3, -0.25) is 14.8 Å². The molecular weight excluding hydrogens is 401 g/mol. The molecule has 1 aliphatic carbocycles. The number of aromatic amines is 1. The Bertz CT molecular complexity index is 1070. The first-order valence-electron chi connectivity index (χ1n) is 10.2. The van der Waals surface area contributed by atoms with Gasteiger partial charge in [-0.15, -0.1) is 0 Å². The van der Waals surface area contributed by atoms with Crippen LogP contribution in [0.4, 0.5) is 27.8 Å². The fraction of sp³-hybridized carbons (Fsp3) is 0.400. The number of carbonyl (C=O) groups excluding carboxylic acids is 1. The second kappa shape index (κ2) is 7.56. The van der Waals surface area contributed by atoms with Crippen LogP contribution in [0.15, 0.2) is 36.9 Å². The number of aromatic nitrogens is 6. The molecule has 1 unspecified atom stereocenters. The molecule has 2 N–H and O–H groups in total. The Morgan fingerprint density at radius 3 is 2.87 bits per heavy atom. The highest BCUT2D eigenvalue weighted by atomic mass is 19.1. The van der Waals surface area contributed by atoms with E-state index >= 15 is 0 Å². The van der Waals surface area contributed by atoms with Crippen LogP contribution in [0.5, 0.6) is 0 Å². The Kier molecular flexibility index (Phi) is 4.72. The maximum Gasteiger partial charge on any atom is 0.250 e. The number of nitrogens with zero attached hydrogens (tertiary/aromatic N) is 7. The van der Waals surface area contributed by atoms with Gasteiger partial charge < -0.3 is 10.2 Å². The highest BCUT2D eigenvalue weighted by molar-refractivity contribution is 6.00. The monoisotopic (exact) mass is 423 g/mol. The molecule has 0 radical (unpaired) electrons. The lowest BCUT2D eigenvalue weighted by atomic mass is 9.97. The van der Waals surface area contributed by atoms with E-state index in [9.17, 15) is 9.18 Å². The Hall–Kier alpha value is -3.63. The van der Waals surface area contributed by atoms with Gasteiger partial charge in [0.1, 0.15) is 17.7 Å². The highest BCUT2D eigenvalue weighted by Crippen LogP contribution is 2.37. The summed E-state index contributed by atoms with van der Waals surface area (Å²) in [5.41, 5.74) is -0.416. The van der Waals surface area contributed by atoms with Gasteiger partial charge in [0, 0.05) is 18.7 Å². The number of halogens is 1. The molecule has 1 aliphatic heterocycles. The lowest BCUT2D eigenvalue weighted by Crippen LogP contribution is -2.51.